The van der Waals surface area contributed by atoms with Crippen LogP contribution in [0.1, 0.15) is 23.5 Å². The summed E-state index contributed by atoms with van der Waals surface area (Å²) >= 11 is 5.83. The molecule has 0 bridgehead atoms. The summed E-state index contributed by atoms with van der Waals surface area (Å²) in [6, 6.07) is 15.2. The molecule has 1 aliphatic heterocycles. The van der Waals surface area contributed by atoms with Crippen molar-refractivity contribution < 1.29 is 19.0 Å². The third kappa shape index (κ3) is 5.29. The topological polar surface area (TPSA) is 89.9 Å². The number of ether oxygens (including phenoxy) is 3. The minimum atomic E-state index is -0.276. The van der Waals surface area contributed by atoms with Gasteiger partial charge in [0.25, 0.3) is 0 Å². The van der Waals surface area contributed by atoms with Crippen LogP contribution in [-0.2, 0) is 20.8 Å². The molecule has 0 radical (unpaired) electrons. The first-order chi connectivity index (χ1) is 17.1. The summed E-state index contributed by atoms with van der Waals surface area (Å²) in [5, 5.41) is 6.88. The number of carbonyl (C=O) groups is 1. The average molecular weight is 496 g/mol. The van der Waals surface area contributed by atoms with Crippen molar-refractivity contribution in [3.8, 4) is 5.75 Å². The summed E-state index contributed by atoms with van der Waals surface area (Å²) in [4.78, 5) is 18.9. The van der Waals surface area contributed by atoms with Crippen molar-refractivity contribution in [3.05, 3.63) is 72.3 Å². The number of benzene rings is 1. The Bertz CT molecular complexity index is 1170. The molecule has 1 aromatic carbocycles. The third-order valence-electron chi connectivity index (χ3n) is 5.81. The van der Waals surface area contributed by atoms with Gasteiger partial charge < -0.3 is 34.3 Å². The number of anilines is 2. The Balaban J connectivity index is 1.78. The summed E-state index contributed by atoms with van der Waals surface area (Å²) in [6.45, 7) is 1.22. The summed E-state index contributed by atoms with van der Waals surface area (Å²) < 4.78 is 17.9. The SMILES string of the molecule is COCCn1cccc1[C@H]1[C@@H](c2ccccn2)NC(=S)N1c1ccc(OC)c(NC(=O)COC)c1. The Kier molecular flexibility index (Phi) is 7.96. The number of rotatable bonds is 10. The van der Waals surface area contributed by atoms with Gasteiger partial charge >= 0.3 is 0 Å². The number of nitrogens with zero attached hydrogens (tertiary/aromatic N) is 3. The highest BCUT2D eigenvalue weighted by Crippen LogP contribution is 2.43. The minimum Gasteiger partial charge on any atom is -0.495 e. The van der Waals surface area contributed by atoms with Gasteiger partial charge in [-0.1, -0.05) is 6.07 Å². The smallest absolute Gasteiger partial charge is 0.250 e. The Labute approximate surface area is 210 Å². The molecule has 0 aliphatic carbocycles. The van der Waals surface area contributed by atoms with Crippen molar-refractivity contribution in [2.75, 3.05) is 44.8 Å². The van der Waals surface area contributed by atoms with E-state index in [9.17, 15) is 4.79 Å². The summed E-state index contributed by atoms with van der Waals surface area (Å²) in [5.74, 6) is 0.263. The molecular weight excluding hydrogens is 466 g/mol. The zero-order valence-corrected chi connectivity index (χ0v) is 20.7. The molecule has 35 heavy (non-hydrogen) atoms. The second kappa shape index (κ2) is 11.3. The zero-order chi connectivity index (χ0) is 24.8. The highest BCUT2D eigenvalue weighted by atomic mass is 32.1. The molecule has 1 fully saturated rings. The monoisotopic (exact) mass is 495 g/mol. The van der Waals surface area contributed by atoms with Crippen LogP contribution in [-0.4, -0.2) is 55.1 Å². The van der Waals surface area contributed by atoms with Crippen molar-refractivity contribution in [1.82, 2.24) is 14.9 Å². The lowest BCUT2D eigenvalue weighted by molar-refractivity contribution is -0.119. The van der Waals surface area contributed by atoms with Gasteiger partial charge in [-0.05, 0) is 54.7 Å². The number of nitrogens with one attached hydrogen (secondary N) is 2. The maximum atomic E-state index is 12.2. The number of thiocarbonyl (C=S) groups is 1. The molecule has 3 aromatic rings. The van der Waals surface area contributed by atoms with E-state index in [-0.39, 0.29) is 24.6 Å². The average Bonchev–Trinajstić information content (AvgIpc) is 3.47. The molecule has 4 rings (SSSR count). The maximum Gasteiger partial charge on any atom is 0.250 e. The van der Waals surface area contributed by atoms with E-state index < -0.39 is 0 Å². The molecule has 10 heteroatoms. The van der Waals surface area contributed by atoms with Crippen molar-refractivity contribution in [1.29, 1.82) is 0 Å². The van der Waals surface area contributed by atoms with Crippen LogP contribution in [0.5, 0.6) is 5.75 Å². The molecule has 184 valence electrons. The van der Waals surface area contributed by atoms with Crippen LogP contribution >= 0.6 is 12.2 Å². The molecule has 2 atom stereocenters. The lowest BCUT2D eigenvalue weighted by atomic mass is 10.0. The molecule has 2 aromatic heterocycles. The van der Waals surface area contributed by atoms with Crippen LogP contribution in [0.25, 0.3) is 0 Å². The number of pyridine rings is 1. The van der Waals surface area contributed by atoms with Crippen LogP contribution in [0.3, 0.4) is 0 Å². The molecule has 1 aliphatic rings. The second-order valence-electron chi connectivity index (χ2n) is 7.98. The highest BCUT2D eigenvalue weighted by Gasteiger charge is 2.42. The van der Waals surface area contributed by atoms with Gasteiger partial charge in [0.05, 0.1) is 31.1 Å². The fourth-order valence-electron chi connectivity index (χ4n) is 4.28. The van der Waals surface area contributed by atoms with E-state index in [4.69, 9.17) is 26.4 Å². The molecule has 1 saturated heterocycles. The predicted molar refractivity (Wildman–Crippen MR) is 138 cm³/mol. The molecule has 0 unspecified atom stereocenters. The van der Waals surface area contributed by atoms with Crippen molar-refractivity contribution in [3.63, 3.8) is 0 Å². The van der Waals surface area contributed by atoms with E-state index in [0.717, 1.165) is 17.1 Å². The van der Waals surface area contributed by atoms with Crippen LogP contribution < -0.4 is 20.3 Å². The molecular formula is C25H29N5O4S. The quantitative estimate of drug-likeness (QED) is 0.414. The van der Waals surface area contributed by atoms with Crippen LogP contribution in [0.15, 0.2) is 60.9 Å². The molecule has 3 heterocycles. The molecule has 2 N–H and O–H groups in total. The Hall–Kier alpha value is -3.47. The van der Waals surface area contributed by atoms with Gasteiger partial charge in [0, 0.05) is 44.5 Å². The first-order valence-electron chi connectivity index (χ1n) is 11.2. The first-order valence-corrected chi connectivity index (χ1v) is 11.6. The number of aromatic nitrogens is 2. The van der Waals surface area contributed by atoms with Crippen molar-refractivity contribution in [2.45, 2.75) is 18.6 Å². The summed E-state index contributed by atoms with van der Waals surface area (Å²) in [7, 11) is 4.73. The van der Waals surface area contributed by atoms with Crippen LogP contribution in [0.2, 0.25) is 0 Å². The molecule has 1 amide bonds. The lowest BCUT2D eigenvalue weighted by Gasteiger charge is -2.29. The van der Waals surface area contributed by atoms with Gasteiger partial charge in [-0.15, -0.1) is 0 Å². The van der Waals surface area contributed by atoms with Gasteiger partial charge in [-0.3, -0.25) is 9.78 Å². The number of amides is 1. The van der Waals surface area contributed by atoms with Gasteiger partial charge in [-0.25, -0.2) is 0 Å². The summed E-state index contributed by atoms with van der Waals surface area (Å²) in [5.41, 5.74) is 3.28. The van der Waals surface area contributed by atoms with Crippen molar-refractivity contribution in [2.24, 2.45) is 0 Å². The summed E-state index contributed by atoms with van der Waals surface area (Å²) in [6.07, 6.45) is 3.81. The largest absolute Gasteiger partial charge is 0.495 e. The fourth-order valence-corrected chi connectivity index (χ4v) is 4.63. The first kappa shape index (κ1) is 24.6. The Morgan fingerprint density at radius 2 is 2.00 bits per heavy atom. The lowest BCUT2D eigenvalue weighted by Crippen LogP contribution is -2.30. The minimum absolute atomic E-state index is 0.0611. The van der Waals surface area contributed by atoms with Gasteiger partial charge in [-0.2, -0.15) is 0 Å². The van der Waals surface area contributed by atoms with Crippen LogP contribution in [0, 0.1) is 0 Å². The molecule has 0 saturated carbocycles. The van der Waals surface area contributed by atoms with E-state index in [1.54, 1.807) is 20.4 Å². The number of hydrogen-bond donors (Lipinski definition) is 2. The van der Waals surface area contributed by atoms with E-state index >= 15 is 0 Å². The normalized spacial score (nSPS) is 17.3. The number of hydrogen-bond acceptors (Lipinski definition) is 6. The van der Waals surface area contributed by atoms with E-state index in [2.05, 4.69) is 31.2 Å². The Morgan fingerprint density at radius 3 is 2.71 bits per heavy atom. The fraction of sp³-hybridized carbons (Fsp3) is 0.320. The van der Waals surface area contributed by atoms with Gasteiger partial charge in [0.2, 0.25) is 5.91 Å². The molecule has 0 spiro atoms. The van der Waals surface area contributed by atoms with Crippen molar-refractivity contribution >= 4 is 34.6 Å². The molecule has 9 nitrogen and oxygen atoms in total. The van der Waals surface area contributed by atoms with Gasteiger partial charge in [0.1, 0.15) is 18.4 Å². The second-order valence-corrected chi connectivity index (χ2v) is 8.37. The third-order valence-corrected chi connectivity index (χ3v) is 6.13. The maximum absolute atomic E-state index is 12.2. The standard InChI is InChI=1S/C25H29N5O4S/c1-32-14-13-29-12-6-8-20(29)24-23(18-7-4-5-11-26-18)28-25(35)30(24)17-9-10-21(34-3)19(15-17)27-22(31)16-33-2/h4-12,15,23-24H,13-14,16H2,1-3H3,(H,27,31)(H,28,35)/t23-,24+/m1/s1. The van der Waals surface area contributed by atoms with E-state index in [0.29, 0.717) is 29.7 Å². The van der Waals surface area contributed by atoms with E-state index in [1.165, 1.54) is 7.11 Å². The van der Waals surface area contributed by atoms with Crippen LogP contribution in [0.4, 0.5) is 11.4 Å². The Morgan fingerprint density at radius 1 is 1.14 bits per heavy atom. The van der Waals surface area contributed by atoms with E-state index in [1.807, 2.05) is 48.7 Å². The number of carbonyl (C=O) groups excluding carboxylic acids is 1. The van der Waals surface area contributed by atoms with Gasteiger partial charge in [0.15, 0.2) is 5.11 Å². The number of methoxy groups -OCH3 is 3. The zero-order valence-electron chi connectivity index (χ0n) is 19.9. The predicted octanol–water partition coefficient (Wildman–Crippen LogP) is 3.30. The highest BCUT2D eigenvalue weighted by molar-refractivity contribution is 7.80.